The molecule has 8 nitrogen and oxygen atoms in total. The zero-order valence-electron chi connectivity index (χ0n) is 19.2. The first-order valence-electron chi connectivity index (χ1n) is 10.6. The van der Waals surface area contributed by atoms with Crippen LogP contribution < -0.4 is 10.0 Å². The fraction of sp³-hybridized carbons (Fsp3) is 0.292. The number of carbonyl (C=O) groups is 2. The lowest BCUT2D eigenvalue weighted by molar-refractivity contribution is -0.116. The molecule has 2 heterocycles. The van der Waals surface area contributed by atoms with E-state index in [0.29, 0.717) is 28.1 Å². The van der Waals surface area contributed by atoms with Crippen molar-refractivity contribution in [2.45, 2.75) is 52.4 Å². The number of aromatic nitrogens is 2. The lowest BCUT2D eigenvalue weighted by Crippen LogP contribution is -2.16. The minimum Gasteiger partial charge on any atom is -0.310 e. The van der Waals surface area contributed by atoms with Crippen LogP contribution in [0.25, 0.3) is 11.1 Å². The molecule has 0 radical (unpaired) electrons. The Kier molecular flexibility index (Phi) is 5.61. The third-order valence-electron chi connectivity index (χ3n) is 5.80. The van der Waals surface area contributed by atoms with Crippen molar-refractivity contribution in [3.8, 4) is 11.1 Å². The van der Waals surface area contributed by atoms with E-state index in [1.54, 1.807) is 32.0 Å². The average molecular weight is 467 g/mol. The third-order valence-corrected chi connectivity index (χ3v) is 7.29. The maximum absolute atomic E-state index is 13.4. The highest BCUT2D eigenvalue weighted by molar-refractivity contribution is 7.92. The molecule has 2 N–H and O–H groups in total. The minimum atomic E-state index is -3.91. The SMILES string of the molecule is Cc1cc(C)c(NS(=O)(=O)c2cc(-c3c(C)nn4c3NC(=O)CCC4=O)ccc2C)c(C)c1. The van der Waals surface area contributed by atoms with E-state index in [9.17, 15) is 18.0 Å². The number of hydrogen-bond acceptors (Lipinski definition) is 5. The third kappa shape index (κ3) is 4.16. The Bertz CT molecular complexity index is 1400. The summed E-state index contributed by atoms with van der Waals surface area (Å²) in [5, 5.41) is 7.05. The van der Waals surface area contributed by atoms with Crippen LogP contribution in [0.1, 0.15) is 45.6 Å². The molecule has 1 aliphatic rings. The van der Waals surface area contributed by atoms with Gasteiger partial charge in [-0.25, -0.2) is 8.42 Å². The molecule has 0 fully saturated rings. The summed E-state index contributed by atoms with van der Waals surface area (Å²) in [6, 6.07) is 8.90. The summed E-state index contributed by atoms with van der Waals surface area (Å²) in [5.41, 5.74) is 5.45. The van der Waals surface area contributed by atoms with Gasteiger partial charge in [-0.2, -0.15) is 9.78 Å². The average Bonchev–Trinajstić information content (AvgIpc) is 2.98. The van der Waals surface area contributed by atoms with E-state index in [1.165, 1.54) is 4.68 Å². The van der Waals surface area contributed by atoms with Crippen molar-refractivity contribution in [1.29, 1.82) is 0 Å². The molecule has 33 heavy (non-hydrogen) atoms. The number of nitrogens with zero attached hydrogens (tertiary/aromatic N) is 2. The van der Waals surface area contributed by atoms with Gasteiger partial charge in [0.05, 0.1) is 16.3 Å². The van der Waals surface area contributed by atoms with Crippen LogP contribution >= 0.6 is 0 Å². The zero-order chi connectivity index (χ0) is 24.1. The van der Waals surface area contributed by atoms with E-state index >= 15 is 0 Å². The van der Waals surface area contributed by atoms with Crippen LogP contribution in [0.15, 0.2) is 35.2 Å². The van der Waals surface area contributed by atoms with Crippen LogP contribution in [0.3, 0.4) is 0 Å². The van der Waals surface area contributed by atoms with E-state index in [-0.39, 0.29) is 35.4 Å². The molecule has 0 unspecified atom stereocenters. The Balaban J connectivity index is 1.82. The second kappa shape index (κ2) is 8.15. The predicted octanol–water partition coefficient (Wildman–Crippen LogP) is 4.27. The van der Waals surface area contributed by atoms with Crippen molar-refractivity contribution in [2.75, 3.05) is 10.0 Å². The van der Waals surface area contributed by atoms with Crippen molar-refractivity contribution in [3.63, 3.8) is 0 Å². The largest absolute Gasteiger partial charge is 0.310 e. The molecule has 2 aromatic carbocycles. The number of anilines is 2. The first-order valence-corrected chi connectivity index (χ1v) is 12.1. The number of sulfonamides is 1. The van der Waals surface area contributed by atoms with Gasteiger partial charge in [0.2, 0.25) is 11.8 Å². The van der Waals surface area contributed by atoms with Crippen LogP contribution in [0.5, 0.6) is 0 Å². The number of rotatable bonds is 4. The summed E-state index contributed by atoms with van der Waals surface area (Å²) in [6.45, 7) is 9.15. The molecule has 1 amide bonds. The van der Waals surface area contributed by atoms with Crippen LogP contribution in [-0.4, -0.2) is 30.0 Å². The summed E-state index contributed by atoms with van der Waals surface area (Å²) >= 11 is 0. The molecule has 0 aliphatic carbocycles. The summed E-state index contributed by atoms with van der Waals surface area (Å²) in [5.74, 6) is -0.301. The Hall–Kier alpha value is -3.46. The Morgan fingerprint density at radius 1 is 0.939 bits per heavy atom. The summed E-state index contributed by atoms with van der Waals surface area (Å²) < 4.78 is 30.8. The lowest BCUT2D eigenvalue weighted by atomic mass is 10.0. The van der Waals surface area contributed by atoms with Crippen LogP contribution in [-0.2, 0) is 14.8 Å². The number of fused-ring (bicyclic) bond motifs is 1. The van der Waals surface area contributed by atoms with Gasteiger partial charge < -0.3 is 5.32 Å². The molecule has 1 aliphatic heterocycles. The first-order chi connectivity index (χ1) is 15.5. The number of amides is 1. The quantitative estimate of drug-likeness (QED) is 0.597. The number of carbonyl (C=O) groups excluding carboxylic acids is 2. The van der Waals surface area contributed by atoms with Gasteiger partial charge in [-0.05, 0) is 62.9 Å². The normalized spacial score (nSPS) is 14.0. The number of aryl methyl sites for hydroxylation is 5. The molecule has 0 saturated heterocycles. The molecule has 0 saturated carbocycles. The van der Waals surface area contributed by atoms with Crippen molar-refractivity contribution in [3.05, 3.63) is 58.3 Å². The topological polar surface area (TPSA) is 110 Å². The van der Waals surface area contributed by atoms with Crippen LogP contribution in [0.4, 0.5) is 11.5 Å². The summed E-state index contributed by atoms with van der Waals surface area (Å²) in [6.07, 6.45) is 0.138. The van der Waals surface area contributed by atoms with E-state index < -0.39 is 10.0 Å². The highest BCUT2D eigenvalue weighted by atomic mass is 32.2. The van der Waals surface area contributed by atoms with Crippen LogP contribution in [0.2, 0.25) is 0 Å². The Morgan fingerprint density at radius 2 is 1.61 bits per heavy atom. The number of nitrogens with one attached hydrogen (secondary N) is 2. The summed E-state index contributed by atoms with van der Waals surface area (Å²) in [4.78, 5) is 24.7. The Labute approximate surface area is 193 Å². The maximum atomic E-state index is 13.4. The maximum Gasteiger partial charge on any atom is 0.262 e. The molecule has 0 spiro atoms. The van der Waals surface area contributed by atoms with Gasteiger partial charge >= 0.3 is 0 Å². The lowest BCUT2D eigenvalue weighted by Gasteiger charge is -2.16. The van der Waals surface area contributed by atoms with E-state index in [1.807, 2.05) is 32.9 Å². The molecular formula is C24H26N4O4S. The Morgan fingerprint density at radius 3 is 2.27 bits per heavy atom. The van der Waals surface area contributed by atoms with Gasteiger partial charge in [0.15, 0.2) is 0 Å². The van der Waals surface area contributed by atoms with Crippen LogP contribution in [0, 0.1) is 34.6 Å². The van der Waals surface area contributed by atoms with Gasteiger partial charge in [0.1, 0.15) is 5.82 Å². The fourth-order valence-electron chi connectivity index (χ4n) is 4.27. The summed E-state index contributed by atoms with van der Waals surface area (Å²) in [7, 11) is -3.91. The monoisotopic (exact) mass is 466 g/mol. The van der Waals surface area contributed by atoms with E-state index in [0.717, 1.165) is 16.7 Å². The number of benzene rings is 2. The van der Waals surface area contributed by atoms with Gasteiger partial charge in [0.25, 0.3) is 10.0 Å². The molecule has 0 atom stereocenters. The molecule has 3 aromatic rings. The standard InChI is InChI=1S/C24H26N4O4S/c1-13-10-15(3)23(16(4)11-13)27-33(31,32)19-12-18(7-6-14(19)2)22-17(5)26-28-21(30)9-8-20(29)25-24(22)28/h6-7,10-12,27H,8-9H2,1-5H3,(H,25,29). The zero-order valence-corrected chi connectivity index (χ0v) is 20.1. The molecule has 0 bridgehead atoms. The van der Waals surface area contributed by atoms with Gasteiger partial charge in [-0.1, -0.05) is 29.8 Å². The highest BCUT2D eigenvalue weighted by Crippen LogP contribution is 2.35. The van der Waals surface area contributed by atoms with Crippen molar-refractivity contribution >= 4 is 33.3 Å². The second-order valence-electron chi connectivity index (χ2n) is 8.52. The van der Waals surface area contributed by atoms with Gasteiger partial charge in [-0.15, -0.1) is 0 Å². The van der Waals surface area contributed by atoms with Gasteiger partial charge in [0, 0.05) is 18.4 Å². The van der Waals surface area contributed by atoms with Crippen molar-refractivity contribution < 1.29 is 18.0 Å². The molecule has 1 aromatic heterocycles. The van der Waals surface area contributed by atoms with E-state index in [4.69, 9.17) is 0 Å². The van der Waals surface area contributed by atoms with E-state index in [2.05, 4.69) is 15.1 Å². The fourth-order valence-corrected chi connectivity index (χ4v) is 5.74. The molecule has 172 valence electrons. The number of hydrogen-bond donors (Lipinski definition) is 2. The molecule has 4 rings (SSSR count). The molecular weight excluding hydrogens is 440 g/mol. The second-order valence-corrected chi connectivity index (χ2v) is 10.2. The van der Waals surface area contributed by atoms with Crippen molar-refractivity contribution in [2.24, 2.45) is 0 Å². The smallest absolute Gasteiger partial charge is 0.262 e. The molecule has 9 heteroatoms. The minimum absolute atomic E-state index is 0.0616. The highest BCUT2D eigenvalue weighted by Gasteiger charge is 2.27. The first kappa shape index (κ1) is 22.7. The predicted molar refractivity (Wildman–Crippen MR) is 127 cm³/mol. The van der Waals surface area contributed by atoms with Gasteiger partial charge in [-0.3, -0.25) is 14.3 Å². The van der Waals surface area contributed by atoms with Crippen molar-refractivity contribution in [1.82, 2.24) is 9.78 Å².